The Balaban J connectivity index is 3.01. The highest BCUT2D eigenvalue weighted by atomic mass is 19.4. The number of benzene rings is 1. The molecule has 0 saturated heterocycles. The normalized spacial score (nSPS) is 13.1. The summed E-state index contributed by atoms with van der Waals surface area (Å²) in [4.78, 5) is 12.8. The zero-order valence-electron chi connectivity index (χ0n) is 12.6. The minimum atomic E-state index is -4.77. The van der Waals surface area contributed by atoms with E-state index < -0.39 is 42.0 Å². The average Bonchev–Trinajstić information content (AvgIpc) is 2.48. The Hall–Kier alpha value is -2.44. The van der Waals surface area contributed by atoms with Gasteiger partial charge in [-0.2, -0.15) is 31.6 Å². The SMILES string of the molecule is C[C@@H](C(=O)NCC(F)(F)F)N(C)c1ccc(C#N)c(C(F)(F)F)c1. The molecule has 24 heavy (non-hydrogen) atoms. The number of nitrogens with zero attached hydrogens (tertiary/aromatic N) is 2. The smallest absolute Gasteiger partial charge is 0.363 e. The first-order valence-electron chi connectivity index (χ1n) is 6.55. The van der Waals surface area contributed by atoms with Crippen molar-refractivity contribution in [2.45, 2.75) is 25.3 Å². The quantitative estimate of drug-likeness (QED) is 0.847. The summed E-state index contributed by atoms with van der Waals surface area (Å²) >= 11 is 0. The third kappa shape index (κ3) is 5.04. The number of hydrogen-bond donors (Lipinski definition) is 1. The van der Waals surface area contributed by atoms with Crippen LogP contribution in [0, 0.1) is 11.3 Å². The van der Waals surface area contributed by atoms with Gasteiger partial charge in [0.05, 0.1) is 17.2 Å². The Morgan fingerprint density at radius 3 is 2.33 bits per heavy atom. The first-order chi connectivity index (χ1) is 10.9. The molecule has 1 N–H and O–H groups in total. The van der Waals surface area contributed by atoms with Crippen LogP contribution in [0.2, 0.25) is 0 Å². The second kappa shape index (κ2) is 6.98. The number of anilines is 1. The fourth-order valence-corrected chi connectivity index (χ4v) is 1.82. The molecule has 0 unspecified atom stereocenters. The lowest BCUT2D eigenvalue weighted by atomic mass is 10.1. The van der Waals surface area contributed by atoms with Crippen molar-refractivity contribution in [3.63, 3.8) is 0 Å². The summed E-state index contributed by atoms with van der Waals surface area (Å²) in [5.41, 5.74) is -1.83. The lowest BCUT2D eigenvalue weighted by Crippen LogP contribution is -2.46. The molecule has 0 saturated carbocycles. The van der Waals surface area contributed by atoms with Gasteiger partial charge in [-0.15, -0.1) is 0 Å². The summed E-state index contributed by atoms with van der Waals surface area (Å²) in [7, 11) is 1.26. The summed E-state index contributed by atoms with van der Waals surface area (Å²) in [6.07, 6.45) is -9.37. The molecule has 4 nitrogen and oxygen atoms in total. The summed E-state index contributed by atoms with van der Waals surface area (Å²) in [5.74, 6) is -0.993. The fourth-order valence-electron chi connectivity index (χ4n) is 1.82. The molecule has 0 aliphatic carbocycles. The molecular formula is C14H13F6N3O. The standard InChI is InChI=1S/C14H13F6N3O/c1-8(12(24)22-7-13(15,16)17)23(2)10-4-3-9(6-21)11(5-10)14(18,19)20/h3-5,8H,7H2,1-2H3,(H,22,24)/t8-/m0/s1. The van der Waals surface area contributed by atoms with Gasteiger partial charge in [0, 0.05) is 12.7 Å². The first-order valence-corrected chi connectivity index (χ1v) is 6.55. The highest BCUT2D eigenvalue weighted by molar-refractivity contribution is 5.84. The van der Waals surface area contributed by atoms with Crippen LogP contribution in [-0.2, 0) is 11.0 Å². The van der Waals surface area contributed by atoms with Gasteiger partial charge in [-0.05, 0) is 25.1 Å². The summed E-state index contributed by atoms with van der Waals surface area (Å²) in [6.45, 7) is -0.289. The van der Waals surface area contributed by atoms with Crippen LogP contribution >= 0.6 is 0 Å². The monoisotopic (exact) mass is 353 g/mol. The predicted octanol–water partition coefficient (Wildman–Crippen LogP) is 3.08. The van der Waals surface area contributed by atoms with Crippen LogP contribution in [0.3, 0.4) is 0 Å². The number of carbonyl (C=O) groups excluding carboxylic acids is 1. The zero-order valence-corrected chi connectivity index (χ0v) is 12.6. The van der Waals surface area contributed by atoms with Crippen molar-refractivity contribution in [2.75, 3.05) is 18.5 Å². The van der Waals surface area contributed by atoms with Gasteiger partial charge in [-0.1, -0.05) is 0 Å². The Morgan fingerprint density at radius 1 is 1.29 bits per heavy atom. The predicted molar refractivity (Wildman–Crippen MR) is 73.1 cm³/mol. The lowest BCUT2D eigenvalue weighted by Gasteiger charge is -2.27. The zero-order chi connectivity index (χ0) is 18.7. The highest BCUT2D eigenvalue weighted by Gasteiger charge is 2.35. The Kier molecular flexibility index (Phi) is 5.71. The Morgan fingerprint density at radius 2 is 1.88 bits per heavy atom. The second-order valence-electron chi connectivity index (χ2n) is 4.96. The van der Waals surface area contributed by atoms with Crippen LogP contribution in [-0.4, -0.2) is 31.7 Å². The molecule has 132 valence electrons. The maximum absolute atomic E-state index is 12.9. The molecule has 0 bridgehead atoms. The maximum Gasteiger partial charge on any atom is 0.417 e. The first kappa shape index (κ1) is 19.6. The molecule has 1 aromatic rings. The number of rotatable bonds is 4. The lowest BCUT2D eigenvalue weighted by molar-refractivity contribution is -0.139. The van der Waals surface area contributed by atoms with Gasteiger partial charge in [-0.3, -0.25) is 4.79 Å². The number of nitriles is 1. The van der Waals surface area contributed by atoms with Crippen molar-refractivity contribution in [3.05, 3.63) is 29.3 Å². The number of amides is 1. The van der Waals surface area contributed by atoms with E-state index in [0.717, 1.165) is 11.0 Å². The van der Waals surface area contributed by atoms with Gasteiger partial charge in [-0.25, -0.2) is 0 Å². The summed E-state index contributed by atoms with van der Waals surface area (Å²) < 4.78 is 75.0. The van der Waals surface area contributed by atoms with E-state index in [0.29, 0.717) is 6.07 Å². The Bertz CT molecular complexity index is 647. The molecule has 1 amide bonds. The minimum absolute atomic E-state index is 0.0593. The van der Waals surface area contributed by atoms with Crippen molar-refractivity contribution in [3.8, 4) is 6.07 Å². The van der Waals surface area contributed by atoms with E-state index in [1.165, 1.54) is 26.1 Å². The molecule has 0 spiro atoms. The van der Waals surface area contributed by atoms with Crippen molar-refractivity contribution in [1.82, 2.24) is 5.32 Å². The van der Waals surface area contributed by atoms with Crippen molar-refractivity contribution >= 4 is 11.6 Å². The van der Waals surface area contributed by atoms with Crippen LogP contribution in [0.4, 0.5) is 32.0 Å². The molecule has 0 radical (unpaired) electrons. The summed E-state index contributed by atoms with van der Waals surface area (Å²) in [5, 5.41) is 10.4. The molecule has 1 atom stereocenters. The van der Waals surface area contributed by atoms with E-state index in [2.05, 4.69) is 0 Å². The van der Waals surface area contributed by atoms with Crippen molar-refractivity contribution in [2.24, 2.45) is 0 Å². The highest BCUT2D eigenvalue weighted by Crippen LogP contribution is 2.34. The Labute approximate surface area is 133 Å². The third-order valence-corrected chi connectivity index (χ3v) is 3.26. The number of likely N-dealkylation sites (N-methyl/N-ethyl adjacent to an activating group) is 1. The fraction of sp³-hybridized carbons (Fsp3) is 0.429. The van der Waals surface area contributed by atoms with E-state index in [1.54, 1.807) is 5.32 Å². The number of halogens is 6. The van der Waals surface area contributed by atoms with Crippen LogP contribution in [0.25, 0.3) is 0 Å². The van der Waals surface area contributed by atoms with Crippen molar-refractivity contribution < 1.29 is 31.1 Å². The molecule has 0 aliphatic rings. The third-order valence-electron chi connectivity index (χ3n) is 3.26. The van der Waals surface area contributed by atoms with Gasteiger partial charge in [0.1, 0.15) is 12.6 Å². The van der Waals surface area contributed by atoms with Crippen LogP contribution in [0.15, 0.2) is 18.2 Å². The van der Waals surface area contributed by atoms with Crippen LogP contribution in [0.1, 0.15) is 18.1 Å². The number of alkyl halides is 6. The minimum Gasteiger partial charge on any atom is -0.363 e. The van der Waals surface area contributed by atoms with E-state index in [1.807, 2.05) is 0 Å². The van der Waals surface area contributed by atoms with Crippen molar-refractivity contribution in [1.29, 1.82) is 5.26 Å². The molecule has 1 rings (SSSR count). The summed E-state index contributed by atoms with van der Waals surface area (Å²) in [6, 6.07) is 3.06. The number of carbonyl (C=O) groups is 1. The van der Waals surface area contributed by atoms with Gasteiger partial charge >= 0.3 is 12.4 Å². The van der Waals surface area contributed by atoms with Gasteiger partial charge in [0.15, 0.2) is 0 Å². The number of nitrogens with one attached hydrogen (secondary N) is 1. The topological polar surface area (TPSA) is 56.1 Å². The number of hydrogen-bond acceptors (Lipinski definition) is 3. The van der Waals surface area contributed by atoms with Gasteiger partial charge in [0.25, 0.3) is 0 Å². The molecule has 0 heterocycles. The molecule has 0 aromatic heterocycles. The van der Waals surface area contributed by atoms with E-state index in [9.17, 15) is 31.1 Å². The maximum atomic E-state index is 12.9. The largest absolute Gasteiger partial charge is 0.417 e. The van der Waals surface area contributed by atoms with Crippen LogP contribution in [0.5, 0.6) is 0 Å². The van der Waals surface area contributed by atoms with Gasteiger partial charge in [0.2, 0.25) is 5.91 Å². The van der Waals surface area contributed by atoms with E-state index in [4.69, 9.17) is 5.26 Å². The molecule has 1 aromatic carbocycles. The average molecular weight is 353 g/mol. The molecular weight excluding hydrogens is 340 g/mol. The molecule has 10 heteroatoms. The molecule has 0 aliphatic heterocycles. The van der Waals surface area contributed by atoms with Gasteiger partial charge < -0.3 is 10.2 Å². The van der Waals surface area contributed by atoms with E-state index in [-0.39, 0.29) is 5.69 Å². The van der Waals surface area contributed by atoms with Crippen LogP contribution < -0.4 is 10.2 Å². The molecule has 0 fully saturated rings. The second-order valence-corrected chi connectivity index (χ2v) is 4.96. The van der Waals surface area contributed by atoms with E-state index >= 15 is 0 Å².